The summed E-state index contributed by atoms with van der Waals surface area (Å²) in [5.74, 6) is 0. The van der Waals surface area contributed by atoms with Crippen LogP contribution in [0.2, 0.25) is 0 Å². The molecule has 0 spiro atoms. The van der Waals surface area contributed by atoms with E-state index in [9.17, 15) is 0 Å². The molecule has 2 aromatic rings. The number of nitrogens with zero attached hydrogens (tertiary/aromatic N) is 1. The molecule has 0 aliphatic heterocycles. The highest BCUT2D eigenvalue weighted by molar-refractivity contribution is 7.15. The van der Waals surface area contributed by atoms with Crippen molar-refractivity contribution in [2.75, 3.05) is 7.11 Å². The van der Waals surface area contributed by atoms with Crippen molar-refractivity contribution in [2.24, 2.45) is 0 Å². The molecule has 1 N–H and O–H groups in total. The van der Waals surface area contributed by atoms with Gasteiger partial charge < -0.3 is 10.1 Å². The Balaban J connectivity index is 2.26. The van der Waals surface area contributed by atoms with Crippen molar-refractivity contribution in [3.05, 3.63) is 40.4 Å². The van der Waals surface area contributed by atoms with E-state index in [0.29, 0.717) is 12.6 Å². The quantitative estimate of drug-likeness (QED) is 0.834. The van der Waals surface area contributed by atoms with Gasteiger partial charge in [0.2, 0.25) is 0 Å². The van der Waals surface area contributed by atoms with E-state index >= 15 is 0 Å². The molecular formula is C17H24N2OS. The molecule has 21 heavy (non-hydrogen) atoms. The number of hydrogen-bond donors (Lipinski definition) is 1. The van der Waals surface area contributed by atoms with Gasteiger partial charge in [0.25, 0.3) is 0 Å². The minimum Gasteiger partial charge on any atom is -0.378 e. The Hall–Kier alpha value is -1.23. The molecule has 0 radical (unpaired) electrons. The van der Waals surface area contributed by atoms with E-state index in [1.807, 2.05) is 0 Å². The Labute approximate surface area is 131 Å². The van der Waals surface area contributed by atoms with Crippen molar-refractivity contribution < 1.29 is 4.74 Å². The third-order valence-electron chi connectivity index (χ3n) is 3.66. The summed E-state index contributed by atoms with van der Waals surface area (Å²) in [4.78, 5) is 6.06. The van der Waals surface area contributed by atoms with Gasteiger partial charge in [-0.3, -0.25) is 0 Å². The van der Waals surface area contributed by atoms with E-state index < -0.39 is 0 Å². The number of methoxy groups -OCH3 is 1. The Bertz CT molecular complexity index is 580. The second-order valence-electron chi connectivity index (χ2n) is 5.33. The predicted molar refractivity (Wildman–Crippen MR) is 89.6 cm³/mol. The first kappa shape index (κ1) is 16.1. The molecule has 3 nitrogen and oxygen atoms in total. The number of thiazole rings is 1. The third-order valence-corrected chi connectivity index (χ3v) is 4.79. The van der Waals surface area contributed by atoms with E-state index in [4.69, 9.17) is 9.72 Å². The Morgan fingerprint density at radius 3 is 2.76 bits per heavy atom. The van der Waals surface area contributed by atoms with Gasteiger partial charge in [0.15, 0.2) is 0 Å². The average molecular weight is 304 g/mol. The summed E-state index contributed by atoms with van der Waals surface area (Å²) in [7, 11) is 1.72. The fourth-order valence-electron chi connectivity index (χ4n) is 2.11. The van der Waals surface area contributed by atoms with E-state index in [-0.39, 0.29) is 0 Å². The fraction of sp³-hybridized carbons (Fsp3) is 0.471. The van der Waals surface area contributed by atoms with Crippen molar-refractivity contribution in [3.63, 3.8) is 0 Å². The lowest BCUT2D eigenvalue weighted by atomic mass is 10.1. The first-order chi connectivity index (χ1) is 10.2. The van der Waals surface area contributed by atoms with Crippen LogP contribution in [0.4, 0.5) is 0 Å². The van der Waals surface area contributed by atoms with Crippen LogP contribution in [0.5, 0.6) is 0 Å². The molecule has 1 unspecified atom stereocenters. The van der Waals surface area contributed by atoms with Crippen LogP contribution in [-0.4, -0.2) is 18.1 Å². The van der Waals surface area contributed by atoms with E-state index in [2.05, 4.69) is 50.4 Å². The second-order valence-corrected chi connectivity index (χ2v) is 6.41. The number of ether oxygens (including phenoxy) is 1. The maximum Gasteiger partial charge on any atom is 0.124 e. The highest BCUT2D eigenvalue weighted by Crippen LogP contribution is 2.30. The zero-order valence-corrected chi connectivity index (χ0v) is 14.1. The molecule has 0 fully saturated rings. The third kappa shape index (κ3) is 4.13. The van der Waals surface area contributed by atoms with Crippen LogP contribution in [0.1, 0.15) is 36.4 Å². The van der Waals surface area contributed by atoms with E-state index in [1.54, 1.807) is 18.4 Å². The van der Waals surface area contributed by atoms with Crippen LogP contribution >= 0.6 is 11.3 Å². The fourth-order valence-corrected chi connectivity index (χ4v) is 3.22. The molecule has 0 saturated heterocycles. The molecule has 1 heterocycles. The summed E-state index contributed by atoms with van der Waals surface area (Å²) in [6.07, 6.45) is 1.13. The number of benzene rings is 1. The molecule has 1 aromatic heterocycles. The molecule has 2 rings (SSSR count). The van der Waals surface area contributed by atoms with Crippen molar-refractivity contribution in [1.29, 1.82) is 0 Å². The maximum atomic E-state index is 5.30. The summed E-state index contributed by atoms with van der Waals surface area (Å²) in [5, 5.41) is 4.63. The van der Waals surface area contributed by atoms with Crippen molar-refractivity contribution in [3.8, 4) is 10.6 Å². The number of aromatic nitrogens is 1. The zero-order valence-electron chi connectivity index (χ0n) is 13.3. The van der Waals surface area contributed by atoms with Gasteiger partial charge in [0, 0.05) is 30.1 Å². The predicted octanol–water partition coefficient (Wildman–Crippen LogP) is 4.15. The molecule has 0 aliphatic carbocycles. The highest BCUT2D eigenvalue weighted by Gasteiger charge is 2.14. The monoisotopic (exact) mass is 304 g/mol. The lowest BCUT2D eigenvalue weighted by Gasteiger charge is -2.10. The van der Waals surface area contributed by atoms with Gasteiger partial charge >= 0.3 is 0 Å². The Kier molecular flexibility index (Phi) is 5.91. The lowest BCUT2D eigenvalue weighted by molar-refractivity contribution is 0.181. The standard InChI is InChI=1S/C17H24N2OS/c1-5-13(3)18-10-16-15(11-20-4)19-17(21-16)14-9-7-6-8-12(14)2/h6-9,13,18H,5,10-11H2,1-4H3. The van der Waals surface area contributed by atoms with Crippen LogP contribution in [-0.2, 0) is 17.9 Å². The van der Waals surface area contributed by atoms with Gasteiger partial charge in [-0.2, -0.15) is 0 Å². The summed E-state index contributed by atoms with van der Waals surface area (Å²) < 4.78 is 5.30. The maximum absolute atomic E-state index is 5.30. The molecule has 0 amide bonds. The first-order valence-corrected chi connectivity index (χ1v) is 8.24. The SMILES string of the molecule is CCC(C)NCc1sc(-c2ccccc2C)nc1COC. The van der Waals surface area contributed by atoms with Crippen molar-refractivity contribution in [2.45, 2.75) is 46.4 Å². The average Bonchev–Trinajstić information content (AvgIpc) is 2.88. The number of nitrogens with one attached hydrogen (secondary N) is 1. The molecule has 1 aromatic carbocycles. The molecular weight excluding hydrogens is 280 g/mol. The van der Waals surface area contributed by atoms with Gasteiger partial charge in [-0.05, 0) is 25.8 Å². The molecule has 114 valence electrons. The number of aryl methyl sites for hydroxylation is 1. The van der Waals surface area contributed by atoms with Crippen LogP contribution in [0.25, 0.3) is 10.6 Å². The topological polar surface area (TPSA) is 34.2 Å². The van der Waals surface area contributed by atoms with Crippen molar-refractivity contribution >= 4 is 11.3 Å². The summed E-state index contributed by atoms with van der Waals surface area (Å²) in [5.41, 5.74) is 3.53. The minimum atomic E-state index is 0.518. The Morgan fingerprint density at radius 2 is 2.10 bits per heavy atom. The summed E-state index contributed by atoms with van der Waals surface area (Å²) in [6.45, 7) is 7.96. The number of rotatable bonds is 7. The molecule has 4 heteroatoms. The van der Waals surface area contributed by atoms with E-state index in [1.165, 1.54) is 16.0 Å². The highest BCUT2D eigenvalue weighted by atomic mass is 32.1. The summed E-state index contributed by atoms with van der Waals surface area (Å²) >= 11 is 1.77. The molecule has 0 aliphatic rings. The number of hydrogen-bond acceptors (Lipinski definition) is 4. The van der Waals surface area contributed by atoms with Gasteiger partial charge in [-0.25, -0.2) is 4.98 Å². The normalized spacial score (nSPS) is 12.6. The molecule has 0 saturated carbocycles. The van der Waals surface area contributed by atoms with Gasteiger partial charge in [-0.1, -0.05) is 31.2 Å². The van der Waals surface area contributed by atoms with Crippen molar-refractivity contribution in [1.82, 2.24) is 10.3 Å². The lowest BCUT2D eigenvalue weighted by Crippen LogP contribution is -2.24. The Morgan fingerprint density at radius 1 is 1.33 bits per heavy atom. The van der Waals surface area contributed by atoms with Crippen LogP contribution in [0.15, 0.2) is 24.3 Å². The van der Waals surface area contributed by atoms with Gasteiger partial charge in [0.05, 0.1) is 12.3 Å². The zero-order chi connectivity index (χ0) is 15.2. The second kappa shape index (κ2) is 7.69. The van der Waals surface area contributed by atoms with Crippen LogP contribution in [0, 0.1) is 6.92 Å². The first-order valence-electron chi connectivity index (χ1n) is 7.42. The van der Waals surface area contributed by atoms with Gasteiger partial charge in [0.1, 0.15) is 5.01 Å². The van der Waals surface area contributed by atoms with Crippen LogP contribution < -0.4 is 5.32 Å². The van der Waals surface area contributed by atoms with Gasteiger partial charge in [-0.15, -0.1) is 11.3 Å². The smallest absolute Gasteiger partial charge is 0.124 e. The summed E-state index contributed by atoms with van der Waals surface area (Å²) in [6, 6.07) is 8.91. The van der Waals surface area contributed by atoms with E-state index in [0.717, 1.165) is 23.7 Å². The largest absolute Gasteiger partial charge is 0.378 e. The minimum absolute atomic E-state index is 0.518. The molecule has 1 atom stereocenters. The van der Waals surface area contributed by atoms with Crippen LogP contribution in [0.3, 0.4) is 0 Å². The molecule has 0 bridgehead atoms.